The topological polar surface area (TPSA) is 83.3 Å². The molecule has 1 aromatic carbocycles. The molecule has 142 valence electrons. The van der Waals surface area contributed by atoms with Crippen molar-refractivity contribution in [1.29, 1.82) is 0 Å². The fraction of sp³-hybridized carbons (Fsp3) is 0.150. The lowest BCUT2D eigenvalue weighted by Gasteiger charge is -2.08. The van der Waals surface area contributed by atoms with Crippen molar-refractivity contribution < 1.29 is 13.6 Å². The summed E-state index contributed by atoms with van der Waals surface area (Å²) in [6.45, 7) is 4.35. The second-order valence-corrected chi connectivity index (χ2v) is 6.87. The van der Waals surface area contributed by atoms with Crippen LogP contribution in [0.3, 0.4) is 0 Å². The molecule has 4 aromatic rings. The van der Waals surface area contributed by atoms with Crippen LogP contribution in [0.5, 0.6) is 5.75 Å². The lowest BCUT2D eigenvalue weighted by Crippen LogP contribution is -2.02. The summed E-state index contributed by atoms with van der Waals surface area (Å²) < 4.78 is 17.9. The molecule has 0 unspecified atom stereocenters. The number of thioether (sulfide) groups is 1. The maximum Gasteiger partial charge on any atom is 0.336 e. The first-order chi connectivity index (χ1) is 13.7. The summed E-state index contributed by atoms with van der Waals surface area (Å²) in [6, 6.07) is 10.6. The molecular weight excluding hydrogens is 378 g/mol. The molecule has 0 amide bonds. The third kappa shape index (κ3) is 3.46. The summed E-state index contributed by atoms with van der Waals surface area (Å²) in [5.74, 6) is 2.44. The Morgan fingerprint density at radius 1 is 1.29 bits per heavy atom. The number of methoxy groups -OCH3 is 1. The molecule has 0 aliphatic rings. The van der Waals surface area contributed by atoms with Crippen molar-refractivity contribution >= 4 is 22.7 Å². The van der Waals surface area contributed by atoms with E-state index in [0.717, 1.165) is 10.9 Å². The van der Waals surface area contributed by atoms with Crippen LogP contribution in [0.15, 0.2) is 74.1 Å². The second-order valence-electron chi connectivity index (χ2n) is 5.92. The van der Waals surface area contributed by atoms with Crippen molar-refractivity contribution in [3.63, 3.8) is 0 Å². The highest BCUT2D eigenvalue weighted by atomic mass is 32.2. The molecule has 4 rings (SSSR count). The van der Waals surface area contributed by atoms with Gasteiger partial charge in [0, 0.05) is 29.8 Å². The first kappa shape index (κ1) is 18.1. The molecule has 0 saturated heterocycles. The average molecular weight is 395 g/mol. The zero-order chi connectivity index (χ0) is 19.5. The summed E-state index contributed by atoms with van der Waals surface area (Å²) >= 11 is 1.48. The minimum atomic E-state index is -0.403. The van der Waals surface area contributed by atoms with Gasteiger partial charge in [0.15, 0.2) is 10.9 Å². The summed E-state index contributed by atoms with van der Waals surface area (Å²) in [7, 11) is 1.57. The second kappa shape index (κ2) is 7.77. The quantitative estimate of drug-likeness (QED) is 0.264. The van der Waals surface area contributed by atoms with Crippen LogP contribution in [0.4, 0.5) is 0 Å². The zero-order valence-electron chi connectivity index (χ0n) is 15.1. The highest BCUT2D eigenvalue weighted by Gasteiger charge is 2.16. The van der Waals surface area contributed by atoms with Crippen LogP contribution in [0.25, 0.3) is 22.6 Å². The number of hydrogen-bond acceptors (Lipinski definition) is 7. The summed E-state index contributed by atoms with van der Waals surface area (Å²) in [5, 5.41) is 10.1. The molecule has 0 aliphatic carbocycles. The monoisotopic (exact) mass is 395 g/mol. The predicted molar refractivity (Wildman–Crippen MR) is 107 cm³/mol. The van der Waals surface area contributed by atoms with Crippen molar-refractivity contribution in [2.24, 2.45) is 0 Å². The fourth-order valence-electron chi connectivity index (χ4n) is 2.88. The van der Waals surface area contributed by atoms with Gasteiger partial charge in [-0.15, -0.1) is 16.8 Å². The van der Waals surface area contributed by atoms with Crippen LogP contribution in [-0.2, 0) is 12.3 Å². The first-order valence-corrected chi connectivity index (χ1v) is 9.49. The highest BCUT2D eigenvalue weighted by molar-refractivity contribution is 7.98. The van der Waals surface area contributed by atoms with Gasteiger partial charge in [-0.2, -0.15) is 0 Å². The molecular formula is C20H17N3O4S. The Morgan fingerprint density at radius 2 is 2.18 bits per heavy atom. The standard InChI is InChI=1S/C20H17N3O4S/c1-3-8-23-19(16-5-4-9-26-16)21-22-20(23)28-12-13-10-18(24)27-17-11-14(25-2)6-7-15(13)17/h3-7,9-11H,1,8,12H2,2H3. The van der Waals surface area contributed by atoms with Crippen LogP contribution >= 0.6 is 11.8 Å². The molecule has 0 fully saturated rings. The van der Waals surface area contributed by atoms with E-state index in [1.165, 1.54) is 17.8 Å². The van der Waals surface area contributed by atoms with Crippen LogP contribution in [0.2, 0.25) is 0 Å². The van der Waals surface area contributed by atoms with Crippen molar-refractivity contribution in [3.05, 3.63) is 71.3 Å². The van der Waals surface area contributed by atoms with Gasteiger partial charge in [-0.05, 0) is 29.8 Å². The number of aromatic nitrogens is 3. The lowest BCUT2D eigenvalue weighted by molar-refractivity contribution is 0.414. The molecule has 3 aromatic heterocycles. The molecule has 0 aliphatic heterocycles. The molecule has 7 nitrogen and oxygen atoms in total. The van der Waals surface area contributed by atoms with Gasteiger partial charge < -0.3 is 13.6 Å². The van der Waals surface area contributed by atoms with Crippen LogP contribution < -0.4 is 10.4 Å². The Bertz CT molecular complexity index is 1180. The zero-order valence-corrected chi connectivity index (χ0v) is 15.9. The molecule has 0 atom stereocenters. The van der Waals surface area contributed by atoms with Gasteiger partial charge in [-0.3, -0.25) is 4.57 Å². The predicted octanol–water partition coefficient (Wildman–Crippen LogP) is 4.13. The van der Waals surface area contributed by atoms with E-state index in [0.29, 0.717) is 40.4 Å². The van der Waals surface area contributed by atoms with Gasteiger partial charge in [0.2, 0.25) is 5.82 Å². The number of furan rings is 1. The number of rotatable bonds is 7. The average Bonchev–Trinajstić information content (AvgIpc) is 3.35. The SMILES string of the molecule is C=CCn1c(SCc2cc(=O)oc3cc(OC)ccc23)nnc1-c1ccco1. The maximum absolute atomic E-state index is 12.0. The van der Waals surface area contributed by atoms with Crippen molar-refractivity contribution in [2.75, 3.05) is 7.11 Å². The Kier molecular flexibility index (Phi) is 5.03. The van der Waals surface area contributed by atoms with E-state index in [-0.39, 0.29) is 0 Å². The van der Waals surface area contributed by atoms with Gasteiger partial charge in [0.05, 0.1) is 13.4 Å². The van der Waals surface area contributed by atoms with Crippen molar-refractivity contribution in [1.82, 2.24) is 14.8 Å². The normalized spacial score (nSPS) is 11.0. The molecule has 0 N–H and O–H groups in total. The van der Waals surface area contributed by atoms with E-state index in [1.807, 2.05) is 22.8 Å². The molecule has 8 heteroatoms. The molecule has 0 saturated carbocycles. The third-order valence-corrected chi connectivity index (χ3v) is 5.18. The van der Waals surface area contributed by atoms with E-state index in [2.05, 4.69) is 16.8 Å². The van der Waals surface area contributed by atoms with Gasteiger partial charge in [0.25, 0.3) is 0 Å². The van der Waals surface area contributed by atoms with E-state index in [4.69, 9.17) is 13.6 Å². The Balaban J connectivity index is 1.66. The number of allylic oxidation sites excluding steroid dienone is 1. The minimum absolute atomic E-state index is 0.403. The molecule has 28 heavy (non-hydrogen) atoms. The number of nitrogens with zero attached hydrogens (tertiary/aromatic N) is 3. The Labute approximate surface area is 164 Å². The van der Waals surface area contributed by atoms with Gasteiger partial charge in [0.1, 0.15) is 11.3 Å². The highest BCUT2D eigenvalue weighted by Crippen LogP contribution is 2.30. The van der Waals surface area contributed by atoms with Crippen LogP contribution in [0.1, 0.15) is 5.56 Å². The maximum atomic E-state index is 12.0. The van der Waals surface area contributed by atoms with E-state index < -0.39 is 5.63 Å². The Morgan fingerprint density at radius 3 is 2.93 bits per heavy atom. The third-order valence-electron chi connectivity index (χ3n) is 4.16. The molecule has 3 heterocycles. The molecule has 0 bridgehead atoms. The van der Waals surface area contributed by atoms with Crippen molar-refractivity contribution in [3.8, 4) is 17.3 Å². The van der Waals surface area contributed by atoms with E-state index in [9.17, 15) is 4.79 Å². The van der Waals surface area contributed by atoms with E-state index >= 15 is 0 Å². The number of fused-ring (bicyclic) bond motifs is 1. The first-order valence-electron chi connectivity index (χ1n) is 8.51. The van der Waals surface area contributed by atoms with Gasteiger partial charge in [-0.1, -0.05) is 17.8 Å². The van der Waals surface area contributed by atoms with Crippen molar-refractivity contribution in [2.45, 2.75) is 17.5 Å². The molecule has 0 spiro atoms. The number of ether oxygens (including phenoxy) is 1. The smallest absolute Gasteiger partial charge is 0.336 e. The fourth-order valence-corrected chi connectivity index (χ4v) is 3.81. The Hall–Kier alpha value is -3.26. The lowest BCUT2D eigenvalue weighted by atomic mass is 10.1. The summed E-state index contributed by atoms with van der Waals surface area (Å²) in [6.07, 6.45) is 3.37. The minimum Gasteiger partial charge on any atom is -0.497 e. The number of hydrogen-bond donors (Lipinski definition) is 0. The molecule has 0 radical (unpaired) electrons. The largest absolute Gasteiger partial charge is 0.497 e. The van der Waals surface area contributed by atoms with Crippen LogP contribution in [-0.4, -0.2) is 21.9 Å². The van der Waals surface area contributed by atoms with Crippen LogP contribution in [0, 0.1) is 0 Å². The summed E-state index contributed by atoms with van der Waals surface area (Å²) in [4.78, 5) is 12.0. The van der Waals surface area contributed by atoms with Gasteiger partial charge >= 0.3 is 5.63 Å². The summed E-state index contributed by atoms with van der Waals surface area (Å²) in [5.41, 5.74) is 0.943. The number of benzene rings is 1. The van der Waals surface area contributed by atoms with Gasteiger partial charge in [-0.25, -0.2) is 4.79 Å². The van der Waals surface area contributed by atoms with E-state index in [1.54, 1.807) is 31.6 Å².